The first kappa shape index (κ1) is 21.3. The number of methoxy groups -OCH3 is 1. The number of nitrogens with one attached hydrogen (secondary N) is 2. The number of fused-ring (bicyclic) bond motifs is 2. The predicted molar refractivity (Wildman–Crippen MR) is 106 cm³/mol. The van der Waals surface area contributed by atoms with Crippen molar-refractivity contribution >= 4 is 29.4 Å². The molecule has 9 nitrogen and oxygen atoms in total. The molecular weight excluding hydrogens is 392 g/mol. The summed E-state index contributed by atoms with van der Waals surface area (Å²) in [5.74, 6) is -4.39. The van der Waals surface area contributed by atoms with Gasteiger partial charge >= 0.3 is 11.9 Å². The standard InChI is InChI=1S/C21H22N2O7/c1-4-9-28-18(24)15-12(2)30-17(22)16(19(25)29-11-10-27-3)21(15)13-7-5-6-8-14(13)23-20(21)26/h4-8,16,22H,1,9-11H2,2-3H3,(H,23,26). The molecule has 0 radical (unpaired) electrons. The summed E-state index contributed by atoms with van der Waals surface area (Å²) < 4.78 is 20.7. The number of hydrogen-bond donors (Lipinski definition) is 2. The van der Waals surface area contributed by atoms with Gasteiger partial charge in [-0.15, -0.1) is 0 Å². The van der Waals surface area contributed by atoms with Crippen LogP contribution in [-0.2, 0) is 38.7 Å². The van der Waals surface area contributed by atoms with Gasteiger partial charge in [-0.2, -0.15) is 0 Å². The second-order valence-corrected chi connectivity index (χ2v) is 6.69. The van der Waals surface area contributed by atoms with E-state index in [9.17, 15) is 14.4 Å². The molecule has 2 unspecified atom stereocenters. The van der Waals surface area contributed by atoms with E-state index in [2.05, 4.69) is 11.9 Å². The van der Waals surface area contributed by atoms with Crippen molar-refractivity contribution in [1.82, 2.24) is 0 Å². The molecule has 2 N–H and O–H groups in total. The monoisotopic (exact) mass is 414 g/mol. The molecule has 1 amide bonds. The molecule has 2 heterocycles. The first-order valence-electron chi connectivity index (χ1n) is 9.21. The minimum atomic E-state index is -1.86. The largest absolute Gasteiger partial charge is 0.463 e. The van der Waals surface area contributed by atoms with Crippen LogP contribution >= 0.6 is 0 Å². The number of ether oxygens (including phenoxy) is 4. The van der Waals surface area contributed by atoms with Crippen molar-refractivity contribution in [3.8, 4) is 0 Å². The highest BCUT2D eigenvalue weighted by Gasteiger charge is 2.65. The van der Waals surface area contributed by atoms with Crippen molar-refractivity contribution in [2.24, 2.45) is 5.92 Å². The Morgan fingerprint density at radius 2 is 2.03 bits per heavy atom. The Labute approximate surface area is 173 Å². The van der Waals surface area contributed by atoms with Gasteiger partial charge in [0.05, 0.1) is 12.2 Å². The number of amides is 1. The Kier molecular flexibility index (Phi) is 6.02. The molecule has 9 heteroatoms. The molecule has 0 saturated carbocycles. The fourth-order valence-corrected chi connectivity index (χ4v) is 3.81. The van der Waals surface area contributed by atoms with Crippen molar-refractivity contribution in [2.45, 2.75) is 12.3 Å². The molecule has 1 aromatic carbocycles. The average molecular weight is 414 g/mol. The van der Waals surface area contributed by atoms with Crippen LogP contribution < -0.4 is 5.32 Å². The second-order valence-electron chi connectivity index (χ2n) is 6.69. The van der Waals surface area contributed by atoms with Crippen molar-refractivity contribution in [1.29, 1.82) is 5.41 Å². The van der Waals surface area contributed by atoms with E-state index in [4.69, 9.17) is 24.4 Å². The van der Waals surface area contributed by atoms with E-state index in [0.717, 1.165) is 0 Å². The third-order valence-electron chi connectivity index (χ3n) is 4.97. The molecule has 2 aliphatic heterocycles. The number of allylic oxidation sites excluding steroid dienone is 1. The molecule has 2 atom stereocenters. The van der Waals surface area contributed by atoms with Gasteiger partial charge in [-0.05, 0) is 18.6 Å². The normalized spacial score (nSPS) is 22.3. The lowest BCUT2D eigenvalue weighted by Gasteiger charge is -2.39. The van der Waals surface area contributed by atoms with E-state index >= 15 is 0 Å². The Morgan fingerprint density at radius 1 is 1.30 bits per heavy atom. The summed E-state index contributed by atoms with van der Waals surface area (Å²) in [6.07, 6.45) is 1.38. The predicted octanol–water partition coefficient (Wildman–Crippen LogP) is 1.69. The Hall–Kier alpha value is -3.46. The zero-order chi connectivity index (χ0) is 21.9. The highest BCUT2D eigenvalue weighted by molar-refractivity contribution is 6.21. The Balaban J connectivity index is 2.22. The zero-order valence-corrected chi connectivity index (χ0v) is 16.7. The van der Waals surface area contributed by atoms with Crippen LogP contribution in [0.3, 0.4) is 0 Å². The number of carbonyl (C=O) groups is 3. The maximum Gasteiger partial charge on any atom is 0.339 e. The zero-order valence-electron chi connectivity index (χ0n) is 16.7. The van der Waals surface area contributed by atoms with E-state index < -0.39 is 35.1 Å². The number of anilines is 1. The fraction of sp³-hybridized carbons (Fsp3) is 0.333. The quantitative estimate of drug-likeness (QED) is 0.395. The van der Waals surface area contributed by atoms with Crippen LogP contribution in [0.25, 0.3) is 0 Å². The van der Waals surface area contributed by atoms with Gasteiger partial charge in [0, 0.05) is 12.8 Å². The molecule has 30 heavy (non-hydrogen) atoms. The van der Waals surface area contributed by atoms with Crippen molar-refractivity contribution < 1.29 is 33.3 Å². The third kappa shape index (κ3) is 3.26. The van der Waals surface area contributed by atoms with Gasteiger partial charge in [0.15, 0.2) is 5.92 Å². The van der Waals surface area contributed by atoms with Crippen LogP contribution in [0.1, 0.15) is 12.5 Å². The van der Waals surface area contributed by atoms with Crippen molar-refractivity contribution in [3.05, 3.63) is 53.8 Å². The maximum absolute atomic E-state index is 13.4. The summed E-state index contributed by atoms with van der Waals surface area (Å²) in [7, 11) is 1.45. The van der Waals surface area contributed by atoms with Crippen LogP contribution in [0.5, 0.6) is 0 Å². The van der Waals surface area contributed by atoms with Gasteiger partial charge in [-0.25, -0.2) is 4.79 Å². The average Bonchev–Trinajstić information content (AvgIpc) is 2.98. The molecule has 0 aliphatic carbocycles. The minimum absolute atomic E-state index is 0.00172. The highest BCUT2D eigenvalue weighted by Crippen LogP contribution is 2.52. The lowest BCUT2D eigenvalue weighted by atomic mass is 9.64. The van der Waals surface area contributed by atoms with Gasteiger partial charge in [0.2, 0.25) is 11.8 Å². The molecule has 2 aliphatic rings. The van der Waals surface area contributed by atoms with Crippen molar-refractivity contribution in [2.75, 3.05) is 32.2 Å². The smallest absolute Gasteiger partial charge is 0.339 e. The summed E-state index contributed by atoms with van der Waals surface area (Å²) in [5, 5.41) is 11.0. The second kappa shape index (κ2) is 8.50. The summed E-state index contributed by atoms with van der Waals surface area (Å²) in [4.78, 5) is 39.4. The maximum atomic E-state index is 13.4. The molecule has 0 saturated heterocycles. The SMILES string of the molecule is C=CCOC(=O)C1=C(C)OC(=N)C(C(=O)OCCOC)C12C(=O)Nc1ccccc12. The summed E-state index contributed by atoms with van der Waals surface area (Å²) in [6.45, 7) is 4.90. The Morgan fingerprint density at radius 3 is 2.73 bits per heavy atom. The molecule has 1 spiro atoms. The highest BCUT2D eigenvalue weighted by atomic mass is 16.6. The molecule has 0 fully saturated rings. The molecule has 0 aromatic heterocycles. The molecule has 0 bridgehead atoms. The van der Waals surface area contributed by atoms with Crippen LogP contribution in [0.15, 0.2) is 48.3 Å². The van der Waals surface area contributed by atoms with Crippen LogP contribution in [0.2, 0.25) is 0 Å². The van der Waals surface area contributed by atoms with Gasteiger partial charge in [0.1, 0.15) is 24.4 Å². The number of rotatable bonds is 7. The van der Waals surface area contributed by atoms with E-state index in [1.807, 2.05) is 0 Å². The molecular formula is C21H22N2O7. The first-order chi connectivity index (χ1) is 14.4. The number of esters is 2. The van der Waals surface area contributed by atoms with Crippen LogP contribution in [0.4, 0.5) is 5.69 Å². The summed E-state index contributed by atoms with van der Waals surface area (Å²) in [6, 6.07) is 6.65. The number of carbonyl (C=O) groups excluding carboxylic acids is 3. The molecule has 3 rings (SSSR count). The van der Waals surface area contributed by atoms with E-state index in [-0.39, 0.29) is 31.2 Å². The van der Waals surface area contributed by atoms with Gasteiger partial charge in [-0.3, -0.25) is 15.0 Å². The van der Waals surface area contributed by atoms with Gasteiger partial charge < -0.3 is 24.3 Å². The minimum Gasteiger partial charge on any atom is -0.463 e. The number of benzene rings is 1. The number of hydrogen-bond acceptors (Lipinski definition) is 8. The molecule has 158 valence electrons. The summed E-state index contributed by atoms with van der Waals surface area (Å²) >= 11 is 0. The topological polar surface area (TPSA) is 124 Å². The van der Waals surface area contributed by atoms with Gasteiger partial charge in [-0.1, -0.05) is 30.9 Å². The lowest BCUT2D eigenvalue weighted by Crippen LogP contribution is -2.56. The van der Waals surface area contributed by atoms with E-state index in [1.54, 1.807) is 24.3 Å². The van der Waals surface area contributed by atoms with Gasteiger partial charge in [0.25, 0.3) is 0 Å². The fourth-order valence-electron chi connectivity index (χ4n) is 3.81. The number of para-hydroxylation sites is 1. The van der Waals surface area contributed by atoms with E-state index in [1.165, 1.54) is 20.1 Å². The summed E-state index contributed by atoms with van der Waals surface area (Å²) in [5.41, 5.74) is -1.23. The lowest BCUT2D eigenvalue weighted by molar-refractivity contribution is -0.152. The van der Waals surface area contributed by atoms with Crippen LogP contribution in [0, 0.1) is 11.3 Å². The van der Waals surface area contributed by atoms with Crippen LogP contribution in [-0.4, -0.2) is 50.7 Å². The Bertz CT molecular complexity index is 952. The first-order valence-corrected chi connectivity index (χ1v) is 9.21. The molecule has 1 aromatic rings. The van der Waals surface area contributed by atoms with Crippen molar-refractivity contribution in [3.63, 3.8) is 0 Å². The van der Waals surface area contributed by atoms with E-state index in [0.29, 0.717) is 11.3 Å². The third-order valence-corrected chi connectivity index (χ3v) is 4.97.